The van der Waals surface area contributed by atoms with Crippen LogP contribution in [0.4, 0.5) is 0 Å². The monoisotopic (exact) mass is 249 g/mol. The van der Waals surface area contributed by atoms with Crippen molar-refractivity contribution in [3.05, 3.63) is 34.7 Å². The molecule has 0 unspecified atom stereocenters. The molecule has 1 N–H and O–H groups in total. The summed E-state index contributed by atoms with van der Waals surface area (Å²) in [5, 5.41) is 4.81. The minimum atomic E-state index is 0.702. The molecule has 0 fully saturated rings. The van der Waals surface area contributed by atoms with Crippen molar-refractivity contribution in [3.63, 3.8) is 0 Å². The summed E-state index contributed by atoms with van der Waals surface area (Å²) < 4.78 is 6.67. The van der Waals surface area contributed by atoms with Gasteiger partial charge in [-0.15, -0.1) is 11.3 Å². The molecule has 0 spiro atoms. The Morgan fingerprint density at radius 1 is 1.29 bits per heavy atom. The predicted octanol–water partition coefficient (Wildman–Crippen LogP) is 3.55. The molecule has 2 nitrogen and oxygen atoms in total. The van der Waals surface area contributed by atoms with E-state index in [2.05, 4.69) is 36.5 Å². The molecule has 3 heteroatoms. The molecule has 0 amide bonds. The van der Waals surface area contributed by atoms with E-state index in [-0.39, 0.29) is 0 Å². The first-order valence-electron chi connectivity index (χ1n) is 6.05. The largest absolute Gasteiger partial charge is 0.380 e. The Bertz CT molecular complexity index is 478. The SMILES string of the molecule is CCCNCc1sc2ccccc2c1COC. The summed E-state index contributed by atoms with van der Waals surface area (Å²) in [6.07, 6.45) is 1.17. The minimum absolute atomic E-state index is 0.702. The Hall–Kier alpha value is -0.900. The Balaban J connectivity index is 2.29. The Labute approximate surface area is 107 Å². The van der Waals surface area contributed by atoms with Crippen molar-refractivity contribution in [2.45, 2.75) is 26.5 Å². The topological polar surface area (TPSA) is 21.3 Å². The fourth-order valence-electron chi connectivity index (χ4n) is 1.97. The van der Waals surface area contributed by atoms with E-state index in [9.17, 15) is 0 Å². The summed E-state index contributed by atoms with van der Waals surface area (Å²) in [5.41, 5.74) is 1.34. The molecule has 2 rings (SSSR count). The van der Waals surface area contributed by atoms with Gasteiger partial charge < -0.3 is 10.1 Å². The lowest BCUT2D eigenvalue weighted by atomic mass is 10.1. The molecule has 0 saturated carbocycles. The number of methoxy groups -OCH3 is 1. The molecule has 0 bridgehead atoms. The average Bonchev–Trinajstić information content (AvgIpc) is 2.69. The van der Waals surface area contributed by atoms with Gasteiger partial charge in [-0.3, -0.25) is 0 Å². The molecule has 0 aliphatic carbocycles. The van der Waals surface area contributed by atoms with Crippen molar-refractivity contribution in [3.8, 4) is 0 Å². The van der Waals surface area contributed by atoms with Crippen LogP contribution in [0.3, 0.4) is 0 Å². The average molecular weight is 249 g/mol. The molecule has 1 aromatic heterocycles. The molecule has 0 saturated heterocycles. The van der Waals surface area contributed by atoms with E-state index in [4.69, 9.17) is 4.74 Å². The second-order valence-electron chi connectivity index (χ2n) is 4.11. The summed E-state index contributed by atoms with van der Waals surface area (Å²) in [6, 6.07) is 8.56. The number of benzene rings is 1. The van der Waals surface area contributed by atoms with Crippen LogP contribution in [0.2, 0.25) is 0 Å². The highest BCUT2D eigenvalue weighted by atomic mass is 32.1. The smallest absolute Gasteiger partial charge is 0.0730 e. The Kier molecular flexibility index (Phi) is 4.54. The maximum Gasteiger partial charge on any atom is 0.0730 e. The molecule has 1 aromatic carbocycles. The van der Waals surface area contributed by atoms with Gasteiger partial charge in [0.05, 0.1) is 6.61 Å². The van der Waals surface area contributed by atoms with E-state index in [1.165, 1.54) is 26.9 Å². The number of fused-ring (bicyclic) bond motifs is 1. The lowest BCUT2D eigenvalue weighted by Gasteiger charge is -2.04. The zero-order valence-corrected chi connectivity index (χ0v) is 11.3. The quantitative estimate of drug-likeness (QED) is 0.791. The van der Waals surface area contributed by atoms with Crippen LogP contribution in [0.5, 0.6) is 0 Å². The van der Waals surface area contributed by atoms with Gasteiger partial charge in [0, 0.05) is 28.8 Å². The van der Waals surface area contributed by atoms with Crippen LogP contribution in [-0.2, 0) is 17.9 Å². The van der Waals surface area contributed by atoms with Gasteiger partial charge in [0.15, 0.2) is 0 Å². The van der Waals surface area contributed by atoms with E-state index >= 15 is 0 Å². The number of rotatable bonds is 6. The van der Waals surface area contributed by atoms with E-state index in [0.29, 0.717) is 6.61 Å². The van der Waals surface area contributed by atoms with E-state index < -0.39 is 0 Å². The van der Waals surface area contributed by atoms with Gasteiger partial charge in [-0.05, 0) is 24.4 Å². The van der Waals surface area contributed by atoms with Gasteiger partial charge in [-0.25, -0.2) is 0 Å². The number of hydrogen-bond acceptors (Lipinski definition) is 3. The van der Waals surface area contributed by atoms with Gasteiger partial charge in [-0.1, -0.05) is 25.1 Å². The summed E-state index contributed by atoms with van der Waals surface area (Å²) in [7, 11) is 1.76. The summed E-state index contributed by atoms with van der Waals surface area (Å²) in [6.45, 7) is 4.91. The van der Waals surface area contributed by atoms with Crippen LogP contribution in [0.15, 0.2) is 24.3 Å². The van der Waals surface area contributed by atoms with E-state index in [1.807, 2.05) is 11.3 Å². The first-order chi connectivity index (χ1) is 8.36. The lowest BCUT2D eigenvalue weighted by molar-refractivity contribution is 0.185. The van der Waals surface area contributed by atoms with Gasteiger partial charge in [0.2, 0.25) is 0 Å². The molecule has 0 aliphatic rings. The van der Waals surface area contributed by atoms with Gasteiger partial charge in [0.1, 0.15) is 0 Å². The lowest BCUT2D eigenvalue weighted by Crippen LogP contribution is -2.13. The molecular formula is C14H19NOS. The molecule has 0 radical (unpaired) electrons. The Morgan fingerprint density at radius 3 is 2.88 bits per heavy atom. The van der Waals surface area contributed by atoms with Crippen LogP contribution in [0.1, 0.15) is 23.8 Å². The van der Waals surface area contributed by atoms with E-state index in [0.717, 1.165) is 13.1 Å². The van der Waals surface area contributed by atoms with Crippen molar-refractivity contribution in [2.75, 3.05) is 13.7 Å². The fraction of sp³-hybridized carbons (Fsp3) is 0.429. The molecule has 0 aliphatic heterocycles. The van der Waals surface area contributed by atoms with Crippen molar-refractivity contribution in [1.82, 2.24) is 5.32 Å². The molecule has 0 atom stereocenters. The second kappa shape index (κ2) is 6.15. The Morgan fingerprint density at radius 2 is 2.12 bits per heavy atom. The van der Waals surface area contributed by atoms with Gasteiger partial charge in [0.25, 0.3) is 0 Å². The van der Waals surface area contributed by atoms with Crippen molar-refractivity contribution >= 4 is 21.4 Å². The zero-order chi connectivity index (χ0) is 12.1. The zero-order valence-electron chi connectivity index (χ0n) is 10.5. The molecule has 92 valence electrons. The number of thiophene rings is 1. The standard InChI is InChI=1S/C14H19NOS/c1-3-8-15-9-14-12(10-16-2)11-6-4-5-7-13(11)17-14/h4-7,15H,3,8-10H2,1-2H3. The van der Waals surface area contributed by atoms with Gasteiger partial charge in [-0.2, -0.15) is 0 Å². The summed E-state index contributed by atoms with van der Waals surface area (Å²) in [5.74, 6) is 0. The van der Waals surface area contributed by atoms with Crippen LogP contribution in [-0.4, -0.2) is 13.7 Å². The summed E-state index contributed by atoms with van der Waals surface area (Å²) in [4.78, 5) is 1.40. The highest BCUT2D eigenvalue weighted by Crippen LogP contribution is 2.31. The third kappa shape index (κ3) is 2.86. The van der Waals surface area contributed by atoms with Crippen molar-refractivity contribution in [2.24, 2.45) is 0 Å². The highest BCUT2D eigenvalue weighted by molar-refractivity contribution is 7.19. The fourth-order valence-corrected chi connectivity index (χ4v) is 3.15. The second-order valence-corrected chi connectivity index (χ2v) is 5.25. The normalized spacial score (nSPS) is 11.2. The van der Waals surface area contributed by atoms with E-state index in [1.54, 1.807) is 7.11 Å². The third-order valence-corrected chi connectivity index (χ3v) is 4.00. The van der Waals surface area contributed by atoms with Crippen molar-refractivity contribution in [1.29, 1.82) is 0 Å². The molecule has 2 aromatic rings. The maximum absolute atomic E-state index is 5.32. The van der Waals surface area contributed by atoms with Crippen LogP contribution < -0.4 is 5.32 Å². The number of ether oxygens (including phenoxy) is 1. The molecular weight excluding hydrogens is 230 g/mol. The van der Waals surface area contributed by atoms with Crippen molar-refractivity contribution < 1.29 is 4.74 Å². The predicted molar refractivity (Wildman–Crippen MR) is 74.5 cm³/mol. The number of hydrogen-bond donors (Lipinski definition) is 1. The van der Waals surface area contributed by atoms with Gasteiger partial charge >= 0.3 is 0 Å². The maximum atomic E-state index is 5.32. The summed E-state index contributed by atoms with van der Waals surface area (Å²) >= 11 is 1.87. The molecule has 1 heterocycles. The first kappa shape index (κ1) is 12.6. The minimum Gasteiger partial charge on any atom is -0.380 e. The first-order valence-corrected chi connectivity index (χ1v) is 6.87. The van der Waals surface area contributed by atoms with Crippen LogP contribution >= 0.6 is 11.3 Å². The van der Waals surface area contributed by atoms with Crippen LogP contribution in [0.25, 0.3) is 10.1 Å². The molecule has 17 heavy (non-hydrogen) atoms. The third-order valence-electron chi connectivity index (χ3n) is 2.78. The highest BCUT2D eigenvalue weighted by Gasteiger charge is 2.10. The van der Waals surface area contributed by atoms with Crippen LogP contribution in [0, 0.1) is 0 Å². The number of nitrogens with one attached hydrogen (secondary N) is 1.